The van der Waals surface area contributed by atoms with Crippen LogP contribution in [0.4, 0.5) is 101 Å². The Morgan fingerprint density at radius 2 is 0.711 bits per heavy atom. The van der Waals surface area contributed by atoms with Gasteiger partial charge in [0.1, 0.15) is 0 Å². The van der Waals surface area contributed by atoms with Crippen LogP contribution in [0.25, 0.3) is 0 Å². The molecule has 0 spiro atoms. The first-order chi connectivity index (χ1) is 16.1. The number of rotatable bonds is 9. The van der Waals surface area contributed by atoms with Crippen molar-refractivity contribution < 1.29 is 106 Å². The van der Waals surface area contributed by atoms with Crippen molar-refractivity contribution in [2.75, 3.05) is 13.7 Å². The van der Waals surface area contributed by atoms with Crippen LogP contribution < -0.4 is 0 Å². The molecule has 1 unspecified atom stereocenters. The summed E-state index contributed by atoms with van der Waals surface area (Å²) in [4.78, 5) is 0. The van der Waals surface area contributed by atoms with Gasteiger partial charge in [0.2, 0.25) is 0 Å². The SMILES string of the molecule is COCCC(F)(F)C(F)(F)C(F)(C(F)(F)F)C(F)(F)C(F)(F)C(F)(F)C(C(F)(F)F)(C(F)(F)F)C(F)(F)F. The third-order valence-electron chi connectivity index (χ3n) is 4.87. The quantitative estimate of drug-likeness (QED) is 0.235. The van der Waals surface area contributed by atoms with E-state index >= 15 is 0 Å². The summed E-state index contributed by atoms with van der Waals surface area (Å²) < 4.78 is 310. The topological polar surface area (TPSA) is 9.23 Å². The molecule has 0 aromatic carbocycles. The predicted molar refractivity (Wildman–Crippen MR) is 71.7 cm³/mol. The molecule has 38 heavy (non-hydrogen) atoms. The van der Waals surface area contributed by atoms with Gasteiger partial charge in [-0.3, -0.25) is 0 Å². The first-order valence-electron chi connectivity index (χ1n) is 8.40. The smallest absolute Gasteiger partial charge is 0.384 e. The monoisotopic (exact) mass is 628 g/mol. The van der Waals surface area contributed by atoms with Crippen LogP contribution in [0.15, 0.2) is 0 Å². The minimum atomic E-state index is -9.79. The summed E-state index contributed by atoms with van der Waals surface area (Å²) in [6.45, 7) is -1.99. The van der Waals surface area contributed by atoms with Crippen LogP contribution in [0.2, 0.25) is 0 Å². The lowest BCUT2D eigenvalue weighted by molar-refractivity contribution is -0.520. The Hall–Kier alpha value is -1.65. The van der Waals surface area contributed by atoms with Crippen LogP contribution in [0.5, 0.6) is 0 Å². The highest BCUT2D eigenvalue weighted by Crippen LogP contribution is 2.73. The predicted octanol–water partition coefficient (Wildman–Crippen LogP) is 8.14. The summed E-state index contributed by atoms with van der Waals surface area (Å²) >= 11 is 0. The second-order valence-electron chi connectivity index (χ2n) is 7.14. The maximum atomic E-state index is 14.3. The molecule has 0 aromatic rings. The molecule has 1 nitrogen and oxygen atoms in total. The summed E-state index contributed by atoms with van der Waals surface area (Å²) in [5, 5.41) is 0. The molecule has 24 heteroatoms. The molecule has 0 amide bonds. The zero-order valence-corrected chi connectivity index (χ0v) is 17.0. The number of methoxy groups -OCH3 is 1. The molecule has 0 saturated heterocycles. The number of hydrogen-bond acceptors (Lipinski definition) is 1. The van der Waals surface area contributed by atoms with Gasteiger partial charge in [-0.05, 0) is 0 Å². The van der Waals surface area contributed by atoms with E-state index in [0.717, 1.165) is 0 Å². The van der Waals surface area contributed by atoms with Crippen molar-refractivity contribution in [3.8, 4) is 0 Å². The van der Waals surface area contributed by atoms with Crippen molar-refractivity contribution in [2.24, 2.45) is 5.41 Å². The van der Waals surface area contributed by atoms with Crippen LogP contribution in [0, 0.1) is 5.41 Å². The van der Waals surface area contributed by atoms with Crippen molar-refractivity contribution in [3.63, 3.8) is 0 Å². The van der Waals surface area contributed by atoms with Gasteiger partial charge in [-0.15, -0.1) is 0 Å². The van der Waals surface area contributed by atoms with E-state index in [1.807, 2.05) is 0 Å². The average molecular weight is 628 g/mol. The number of ether oxygens (including phenoxy) is 1. The van der Waals surface area contributed by atoms with Crippen molar-refractivity contribution in [1.29, 1.82) is 0 Å². The molecule has 0 radical (unpaired) electrons. The minimum Gasteiger partial charge on any atom is -0.384 e. The van der Waals surface area contributed by atoms with Gasteiger partial charge >= 0.3 is 65.4 Å². The molecule has 230 valence electrons. The van der Waals surface area contributed by atoms with E-state index in [0.29, 0.717) is 0 Å². The van der Waals surface area contributed by atoms with Crippen LogP contribution in [-0.2, 0) is 4.74 Å². The highest BCUT2D eigenvalue weighted by Gasteiger charge is 3.04. The summed E-state index contributed by atoms with van der Waals surface area (Å²) in [5.41, 5.74) is -18.8. The van der Waals surface area contributed by atoms with Crippen molar-refractivity contribution >= 4 is 0 Å². The Kier molecular flexibility index (Phi) is 8.80. The largest absolute Gasteiger partial charge is 0.435 e. The first kappa shape index (κ1) is 36.4. The highest BCUT2D eigenvalue weighted by atomic mass is 19.4. The molecule has 0 aliphatic rings. The highest BCUT2D eigenvalue weighted by molar-refractivity contribution is 5.24. The molecule has 0 aliphatic heterocycles. The van der Waals surface area contributed by atoms with Gasteiger partial charge in [0.25, 0.3) is 0 Å². The lowest BCUT2D eigenvalue weighted by Gasteiger charge is -2.50. The number of halogens is 23. The van der Waals surface area contributed by atoms with Gasteiger partial charge in [0.05, 0.1) is 6.61 Å². The zero-order chi connectivity index (χ0) is 31.6. The Balaban J connectivity index is 8.00. The van der Waals surface area contributed by atoms with Crippen molar-refractivity contribution in [1.82, 2.24) is 0 Å². The minimum absolute atomic E-state index is 0.259. The number of hydrogen-bond donors (Lipinski definition) is 0. The van der Waals surface area contributed by atoms with Crippen LogP contribution in [0.3, 0.4) is 0 Å². The van der Waals surface area contributed by atoms with Gasteiger partial charge in [0, 0.05) is 13.5 Å². The Morgan fingerprint density at radius 3 is 0.947 bits per heavy atom. The van der Waals surface area contributed by atoms with E-state index < -0.39 is 78.4 Å². The van der Waals surface area contributed by atoms with E-state index in [1.165, 1.54) is 0 Å². The lowest BCUT2D eigenvalue weighted by Crippen LogP contribution is -2.82. The van der Waals surface area contributed by atoms with Gasteiger partial charge < -0.3 is 4.74 Å². The molecular weight excluding hydrogens is 621 g/mol. The molecule has 0 aliphatic carbocycles. The van der Waals surface area contributed by atoms with Crippen molar-refractivity contribution in [3.05, 3.63) is 0 Å². The maximum absolute atomic E-state index is 14.3. The van der Waals surface area contributed by atoms with E-state index in [4.69, 9.17) is 0 Å². The maximum Gasteiger partial charge on any atom is 0.435 e. The molecule has 0 bridgehead atoms. The van der Waals surface area contributed by atoms with Crippen molar-refractivity contribution in [2.45, 2.75) is 66.4 Å². The fourth-order valence-electron chi connectivity index (χ4n) is 2.86. The molecule has 0 fully saturated rings. The second kappa shape index (κ2) is 9.20. The lowest BCUT2D eigenvalue weighted by atomic mass is 9.70. The molecule has 0 rings (SSSR count). The summed E-state index contributed by atoms with van der Waals surface area (Å²) in [5.74, 6) is -44.7. The van der Waals surface area contributed by atoms with E-state index in [1.54, 1.807) is 0 Å². The summed E-state index contributed by atoms with van der Waals surface area (Å²) in [6.07, 6.45) is -38.7. The van der Waals surface area contributed by atoms with Gasteiger partial charge in [-0.25, -0.2) is 4.39 Å². The van der Waals surface area contributed by atoms with Crippen LogP contribution in [-0.4, -0.2) is 73.7 Å². The third-order valence-corrected chi connectivity index (χ3v) is 4.87. The Morgan fingerprint density at radius 1 is 0.395 bits per heavy atom. The Bertz CT molecular complexity index is 789. The first-order valence-corrected chi connectivity index (χ1v) is 8.40. The van der Waals surface area contributed by atoms with E-state index in [9.17, 15) is 101 Å². The average Bonchev–Trinajstić information content (AvgIpc) is 2.60. The molecule has 1 atom stereocenters. The normalized spacial score (nSPS) is 18.0. The fraction of sp³-hybridized carbons (Fsp3) is 1.00. The van der Waals surface area contributed by atoms with Gasteiger partial charge in [-0.1, -0.05) is 0 Å². The zero-order valence-electron chi connectivity index (χ0n) is 17.0. The molecule has 0 N–H and O–H groups in total. The Labute approximate surface area is 192 Å². The van der Waals surface area contributed by atoms with Gasteiger partial charge in [-0.2, -0.15) is 96.6 Å². The third kappa shape index (κ3) is 4.38. The number of alkyl halides is 23. The molecule has 0 heterocycles. The molecule has 0 aromatic heterocycles. The van der Waals surface area contributed by atoms with Gasteiger partial charge in [0.15, 0.2) is 0 Å². The fourth-order valence-corrected chi connectivity index (χ4v) is 2.86. The molecule has 0 saturated carbocycles. The summed E-state index contributed by atoms with van der Waals surface area (Å²) in [7, 11) is 0.259. The van der Waals surface area contributed by atoms with E-state index in [-0.39, 0.29) is 7.11 Å². The van der Waals surface area contributed by atoms with E-state index in [2.05, 4.69) is 4.74 Å². The van der Waals surface area contributed by atoms with Crippen LogP contribution >= 0.6 is 0 Å². The standard InChI is InChI=1S/C14H7F23O/c1-38-3-2-4(15,16)7(18,19)6(17,14(35,36)37)9(22,23)10(24,25)8(20,21)5(11(26,27)28,12(29,30)31)13(32,33)34/h2-3H2,1H3. The summed E-state index contributed by atoms with van der Waals surface area (Å²) in [6, 6.07) is 0. The molecular formula is C14H7F23O. The second-order valence-corrected chi connectivity index (χ2v) is 7.14. The van der Waals surface area contributed by atoms with Crippen LogP contribution in [0.1, 0.15) is 6.42 Å².